The van der Waals surface area contributed by atoms with Gasteiger partial charge in [-0.05, 0) is 13.0 Å². The Morgan fingerprint density at radius 3 is 3.00 bits per heavy atom. The van der Waals surface area contributed by atoms with E-state index in [2.05, 4.69) is 20.6 Å². The molecule has 5 heteroatoms. The van der Waals surface area contributed by atoms with Crippen molar-refractivity contribution in [1.82, 2.24) is 9.97 Å². The van der Waals surface area contributed by atoms with Gasteiger partial charge in [0.25, 0.3) is 0 Å². The molecule has 0 saturated heterocycles. The van der Waals surface area contributed by atoms with Crippen LogP contribution in [-0.2, 0) is 4.74 Å². The van der Waals surface area contributed by atoms with Gasteiger partial charge in [-0.3, -0.25) is 0 Å². The number of nitrogens with one attached hydrogen (secondary N) is 2. The van der Waals surface area contributed by atoms with E-state index in [1.54, 1.807) is 13.3 Å². The van der Waals surface area contributed by atoms with Gasteiger partial charge in [0.05, 0.1) is 6.61 Å². The van der Waals surface area contributed by atoms with E-state index in [1.165, 1.54) is 0 Å². The average Bonchev–Trinajstić information content (AvgIpc) is 2.18. The predicted octanol–water partition coefficient (Wildman–Crippen LogP) is 0.965. The Morgan fingerprint density at radius 2 is 2.36 bits per heavy atom. The summed E-state index contributed by atoms with van der Waals surface area (Å²) >= 11 is 0. The van der Waals surface area contributed by atoms with E-state index in [-0.39, 0.29) is 6.04 Å². The lowest BCUT2D eigenvalue weighted by Crippen LogP contribution is -2.22. The molecule has 0 saturated carbocycles. The Morgan fingerprint density at radius 1 is 1.57 bits per heavy atom. The van der Waals surface area contributed by atoms with Crippen molar-refractivity contribution in [3.05, 3.63) is 12.3 Å². The highest BCUT2D eigenvalue weighted by Gasteiger charge is 2.03. The third-order valence-electron chi connectivity index (χ3n) is 1.70. The van der Waals surface area contributed by atoms with Gasteiger partial charge in [-0.1, -0.05) is 0 Å². The van der Waals surface area contributed by atoms with Crippen molar-refractivity contribution < 1.29 is 4.74 Å². The second-order valence-corrected chi connectivity index (χ2v) is 3.02. The maximum Gasteiger partial charge on any atom is 0.224 e. The van der Waals surface area contributed by atoms with Gasteiger partial charge in [0.2, 0.25) is 5.95 Å². The standard InChI is InChI=1S/C9H16N4O/c1-7(6-14-3)12-9-11-5-4-8(10-2)13-9/h4-5,7H,6H2,1-3H3,(H2,10,11,12,13)/t7-/m0/s1. The molecule has 78 valence electrons. The van der Waals surface area contributed by atoms with Crippen LogP contribution in [0, 0.1) is 0 Å². The zero-order chi connectivity index (χ0) is 10.4. The molecule has 5 nitrogen and oxygen atoms in total. The summed E-state index contributed by atoms with van der Waals surface area (Å²) in [7, 11) is 3.49. The molecule has 0 fully saturated rings. The lowest BCUT2D eigenvalue weighted by molar-refractivity contribution is 0.190. The molecule has 0 aliphatic rings. The first-order chi connectivity index (χ1) is 6.76. The molecule has 0 bridgehead atoms. The summed E-state index contributed by atoms with van der Waals surface area (Å²) in [6, 6.07) is 2.01. The molecule has 1 rings (SSSR count). The summed E-state index contributed by atoms with van der Waals surface area (Å²) in [4.78, 5) is 8.32. The first-order valence-corrected chi connectivity index (χ1v) is 4.52. The first kappa shape index (κ1) is 10.7. The Hall–Kier alpha value is -1.36. The molecule has 1 aromatic heterocycles. The number of aromatic nitrogens is 2. The summed E-state index contributed by atoms with van der Waals surface area (Å²) < 4.78 is 5.00. The number of hydrogen-bond acceptors (Lipinski definition) is 5. The molecule has 0 amide bonds. The molecule has 0 radical (unpaired) electrons. The molecule has 1 atom stereocenters. The zero-order valence-electron chi connectivity index (χ0n) is 8.74. The number of anilines is 2. The molecule has 1 heterocycles. The van der Waals surface area contributed by atoms with Gasteiger partial charge >= 0.3 is 0 Å². The average molecular weight is 196 g/mol. The Balaban J connectivity index is 2.57. The molecule has 0 spiro atoms. The minimum absolute atomic E-state index is 0.201. The van der Waals surface area contributed by atoms with Crippen LogP contribution >= 0.6 is 0 Å². The van der Waals surface area contributed by atoms with Crippen LogP contribution in [0.5, 0.6) is 0 Å². The van der Waals surface area contributed by atoms with Gasteiger partial charge in [-0.2, -0.15) is 4.98 Å². The fourth-order valence-electron chi connectivity index (χ4n) is 1.08. The van der Waals surface area contributed by atoms with Crippen LogP contribution in [0.3, 0.4) is 0 Å². The molecule has 0 aromatic carbocycles. The minimum atomic E-state index is 0.201. The van der Waals surface area contributed by atoms with Crippen molar-refractivity contribution in [3.63, 3.8) is 0 Å². The van der Waals surface area contributed by atoms with Crippen molar-refractivity contribution in [1.29, 1.82) is 0 Å². The highest BCUT2D eigenvalue weighted by atomic mass is 16.5. The fraction of sp³-hybridized carbons (Fsp3) is 0.556. The molecule has 14 heavy (non-hydrogen) atoms. The molecular weight excluding hydrogens is 180 g/mol. The molecule has 0 unspecified atom stereocenters. The highest BCUT2D eigenvalue weighted by Crippen LogP contribution is 2.05. The molecule has 0 aliphatic heterocycles. The second kappa shape index (κ2) is 5.39. The first-order valence-electron chi connectivity index (χ1n) is 4.52. The fourth-order valence-corrected chi connectivity index (χ4v) is 1.08. The third kappa shape index (κ3) is 3.18. The van der Waals surface area contributed by atoms with Gasteiger partial charge in [0, 0.05) is 26.4 Å². The van der Waals surface area contributed by atoms with Crippen LogP contribution in [0.2, 0.25) is 0 Å². The SMILES string of the molecule is CNc1ccnc(N[C@@H](C)COC)n1. The normalized spacial score (nSPS) is 12.2. The lowest BCUT2D eigenvalue weighted by atomic mass is 10.4. The summed E-state index contributed by atoms with van der Waals surface area (Å²) in [6.45, 7) is 2.64. The summed E-state index contributed by atoms with van der Waals surface area (Å²) in [6.07, 6.45) is 1.71. The molecule has 1 aromatic rings. The van der Waals surface area contributed by atoms with Crippen LogP contribution in [-0.4, -0.2) is 36.8 Å². The zero-order valence-corrected chi connectivity index (χ0v) is 8.74. The summed E-state index contributed by atoms with van der Waals surface area (Å²) in [5.74, 6) is 1.41. The van der Waals surface area contributed by atoms with Crippen LogP contribution in [0.25, 0.3) is 0 Å². The van der Waals surface area contributed by atoms with Gasteiger partial charge in [-0.25, -0.2) is 4.98 Å². The van der Waals surface area contributed by atoms with Gasteiger partial charge in [0.15, 0.2) is 0 Å². The van der Waals surface area contributed by atoms with Gasteiger partial charge in [0.1, 0.15) is 5.82 Å². The smallest absolute Gasteiger partial charge is 0.224 e. The molecule has 0 aliphatic carbocycles. The van der Waals surface area contributed by atoms with Crippen LogP contribution < -0.4 is 10.6 Å². The number of nitrogens with zero attached hydrogens (tertiary/aromatic N) is 2. The number of rotatable bonds is 5. The van der Waals surface area contributed by atoms with E-state index in [1.807, 2.05) is 20.0 Å². The van der Waals surface area contributed by atoms with Gasteiger partial charge < -0.3 is 15.4 Å². The third-order valence-corrected chi connectivity index (χ3v) is 1.70. The largest absolute Gasteiger partial charge is 0.383 e. The van der Waals surface area contributed by atoms with E-state index in [4.69, 9.17) is 4.74 Å². The van der Waals surface area contributed by atoms with E-state index in [0.717, 1.165) is 5.82 Å². The Kier molecular flexibility index (Phi) is 4.12. The van der Waals surface area contributed by atoms with Crippen molar-refractivity contribution in [2.24, 2.45) is 0 Å². The van der Waals surface area contributed by atoms with E-state index >= 15 is 0 Å². The highest BCUT2D eigenvalue weighted by molar-refractivity contribution is 5.39. The summed E-state index contributed by atoms with van der Waals surface area (Å²) in [5.41, 5.74) is 0. The monoisotopic (exact) mass is 196 g/mol. The van der Waals surface area contributed by atoms with Crippen LogP contribution in [0.15, 0.2) is 12.3 Å². The Bertz CT molecular complexity index is 279. The van der Waals surface area contributed by atoms with Crippen molar-refractivity contribution in [3.8, 4) is 0 Å². The summed E-state index contributed by atoms with van der Waals surface area (Å²) in [5, 5.41) is 6.08. The maximum absolute atomic E-state index is 5.00. The van der Waals surface area contributed by atoms with Crippen molar-refractivity contribution in [2.75, 3.05) is 31.4 Å². The van der Waals surface area contributed by atoms with Crippen LogP contribution in [0.1, 0.15) is 6.92 Å². The maximum atomic E-state index is 5.00. The van der Waals surface area contributed by atoms with E-state index < -0.39 is 0 Å². The van der Waals surface area contributed by atoms with Gasteiger partial charge in [-0.15, -0.1) is 0 Å². The topological polar surface area (TPSA) is 59.1 Å². The van der Waals surface area contributed by atoms with Crippen molar-refractivity contribution in [2.45, 2.75) is 13.0 Å². The molecule has 2 N–H and O–H groups in total. The molecular formula is C9H16N4O. The predicted molar refractivity (Wildman–Crippen MR) is 56.5 cm³/mol. The second-order valence-electron chi connectivity index (χ2n) is 3.02. The minimum Gasteiger partial charge on any atom is -0.383 e. The number of ether oxygens (including phenoxy) is 1. The number of hydrogen-bond donors (Lipinski definition) is 2. The van der Waals surface area contributed by atoms with E-state index in [9.17, 15) is 0 Å². The quantitative estimate of drug-likeness (QED) is 0.734. The van der Waals surface area contributed by atoms with Crippen molar-refractivity contribution >= 4 is 11.8 Å². The van der Waals surface area contributed by atoms with Crippen LogP contribution in [0.4, 0.5) is 11.8 Å². The Labute approximate surface area is 83.9 Å². The lowest BCUT2D eigenvalue weighted by Gasteiger charge is -2.12. The van der Waals surface area contributed by atoms with E-state index in [0.29, 0.717) is 12.6 Å². The number of methoxy groups -OCH3 is 1.